The van der Waals surface area contributed by atoms with Crippen molar-refractivity contribution in [2.75, 3.05) is 17.4 Å². The zero-order valence-corrected chi connectivity index (χ0v) is 18.0. The maximum atomic E-state index is 13.9. The molecule has 0 fully saturated rings. The van der Waals surface area contributed by atoms with Crippen molar-refractivity contribution in [3.05, 3.63) is 83.7 Å². The van der Waals surface area contributed by atoms with Gasteiger partial charge in [-0.2, -0.15) is 0 Å². The van der Waals surface area contributed by atoms with Gasteiger partial charge in [-0.25, -0.2) is 12.8 Å². The molecule has 0 unspecified atom stereocenters. The van der Waals surface area contributed by atoms with Gasteiger partial charge in [-0.15, -0.1) is 0 Å². The Bertz CT molecular complexity index is 1240. The first-order valence-corrected chi connectivity index (χ1v) is 11.5. The number of carbonyl (C=O) groups excluding carboxylic acids is 1. The molecule has 0 atom stereocenters. The lowest BCUT2D eigenvalue weighted by atomic mass is 10.0. The van der Waals surface area contributed by atoms with Crippen LogP contribution in [-0.4, -0.2) is 27.4 Å². The van der Waals surface area contributed by atoms with Crippen molar-refractivity contribution in [1.29, 1.82) is 0 Å². The normalized spacial score (nSPS) is 13.9. The van der Waals surface area contributed by atoms with Crippen LogP contribution in [-0.2, 0) is 21.2 Å². The molecular weight excluding hydrogens is 415 g/mol. The van der Waals surface area contributed by atoms with Gasteiger partial charge in [0.1, 0.15) is 12.4 Å². The number of sulfonamides is 1. The van der Waals surface area contributed by atoms with Crippen LogP contribution < -0.4 is 9.62 Å². The predicted molar refractivity (Wildman–Crippen MR) is 119 cm³/mol. The third-order valence-electron chi connectivity index (χ3n) is 5.31. The summed E-state index contributed by atoms with van der Waals surface area (Å²) in [6.45, 7) is 2.11. The summed E-state index contributed by atoms with van der Waals surface area (Å²) in [6.07, 6.45) is 1.56. The summed E-state index contributed by atoms with van der Waals surface area (Å²) >= 11 is 0. The van der Waals surface area contributed by atoms with Gasteiger partial charge in [0.25, 0.3) is 10.0 Å². The quantitative estimate of drug-likeness (QED) is 0.591. The van der Waals surface area contributed by atoms with E-state index in [4.69, 9.17) is 0 Å². The van der Waals surface area contributed by atoms with Crippen LogP contribution in [0.4, 0.5) is 10.1 Å². The van der Waals surface area contributed by atoms with E-state index >= 15 is 0 Å². The van der Waals surface area contributed by atoms with Gasteiger partial charge < -0.3 is 5.32 Å². The molecule has 5 nitrogen and oxygen atoms in total. The molecule has 1 aliphatic heterocycles. The zero-order valence-electron chi connectivity index (χ0n) is 17.1. The molecule has 3 aromatic carbocycles. The molecule has 160 valence electrons. The number of halogens is 1. The number of fused-ring (bicyclic) bond motifs is 3. The molecule has 7 heteroatoms. The number of hydrogen-bond donors (Lipinski definition) is 1. The van der Waals surface area contributed by atoms with Crippen molar-refractivity contribution < 1.29 is 17.6 Å². The molecule has 3 aromatic rings. The van der Waals surface area contributed by atoms with E-state index in [1.165, 1.54) is 35.4 Å². The van der Waals surface area contributed by atoms with Gasteiger partial charge in [-0.1, -0.05) is 48.0 Å². The molecule has 4 rings (SSSR count). The van der Waals surface area contributed by atoms with E-state index in [9.17, 15) is 17.6 Å². The number of nitrogens with zero attached hydrogens (tertiary/aromatic N) is 1. The number of carbonyl (C=O) groups is 1. The van der Waals surface area contributed by atoms with E-state index < -0.39 is 21.7 Å². The Morgan fingerprint density at radius 1 is 1.00 bits per heavy atom. The molecule has 0 radical (unpaired) electrons. The highest BCUT2D eigenvalue weighted by Gasteiger charge is 2.35. The van der Waals surface area contributed by atoms with Crippen LogP contribution in [0.25, 0.3) is 11.1 Å². The molecule has 31 heavy (non-hydrogen) atoms. The van der Waals surface area contributed by atoms with Crippen LogP contribution in [0, 0.1) is 12.7 Å². The first-order valence-electron chi connectivity index (χ1n) is 10.1. The third kappa shape index (κ3) is 4.32. The van der Waals surface area contributed by atoms with Crippen LogP contribution in [0.15, 0.2) is 71.6 Å². The maximum absolute atomic E-state index is 13.9. The summed E-state index contributed by atoms with van der Waals surface area (Å²) in [6, 6.07) is 18.5. The Morgan fingerprint density at radius 3 is 2.61 bits per heavy atom. The minimum absolute atomic E-state index is 0.0698. The van der Waals surface area contributed by atoms with Crippen LogP contribution in [0.2, 0.25) is 0 Å². The van der Waals surface area contributed by atoms with Gasteiger partial charge in [-0.05, 0) is 49.6 Å². The Morgan fingerprint density at radius 2 is 1.81 bits per heavy atom. The topological polar surface area (TPSA) is 66.5 Å². The molecule has 0 bridgehead atoms. The van der Waals surface area contributed by atoms with E-state index in [0.29, 0.717) is 23.4 Å². The van der Waals surface area contributed by atoms with Gasteiger partial charge in [0.05, 0.1) is 10.6 Å². The molecule has 1 N–H and O–H groups in total. The minimum atomic E-state index is -3.93. The van der Waals surface area contributed by atoms with E-state index in [0.717, 1.165) is 17.1 Å². The van der Waals surface area contributed by atoms with Crippen molar-refractivity contribution >= 4 is 21.6 Å². The lowest BCUT2D eigenvalue weighted by molar-refractivity contribution is -0.119. The van der Waals surface area contributed by atoms with E-state index in [1.807, 2.05) is 25.1 Å². The summed E-state index contributed by atoms with van der Waals surface area (Å²) in [5, 5.41) is 2.80. The Hall–Kier alpha value is -3.19. The molecule has 0 aromatic heterocycles. The van der Waals surface area contributed by atoms with Crippen LogP contribution in [0.3, 0.4) is 0 Å². The van der Waals surface area contributed by atoms with Gasteiger partial charge in [0, 0.05) is 17.7 Å². The standard InChI is InChI=1S/C24H23FN2O3S/c1-17-6-4-7-18(14-17)8-5-13-26-24(28)16-27-22-12-11-19(25)15-21(22)20-9-2-3-10-23(20)31(27,29)30/h2-4,6-7,9-12,14-15H,5,8,13,16H2,1H3,(H,26,28). The lowest BCUT2D eigenvalue weighted by Crippen LogP contribution is -2.42. The highest BCUT2D eigenvalue weighted by Crippen LogP contribution is 2.42. The van der Waals surface area contributed by atoms with E-state index in [2.05, 4.69) is 11.4 Å². The largest absolute Gasteiger partial charge is 0.355 e. The summed E-state index contributed by atoms with van der Waals surface area (Å²) in [5.74, 6) is -0.865. The molecule has 1 heterocycles. The molecule has 0 saturated carbocycles. The van der Waals surface area contributed by atoms with Gasteiger partial charge in [-0.3, -0.25) is 9.10 Å². The van der Waals surface area contributed by atoms with Gasteiger partial charge in [0.2, 0.25) is 5.91 Å². The highest BCUT2D eigenvalue weighted by molar-refractivity contribution is 7.93. The number of nitrogens with one attached hydrogen (secondary N) is 1. The van der Waals surface area contributed by atoms with Crippen molar-refractivity contribution in [3.63, 3.8) is 0 Å². The summed E-state index contributed by atoms with van der Waals surface area (Å²) in [7, 11) is -3.93. The molecule has 0 saturated heterocycles. The number of hydrogen-bond acceptors (Lipinski definition) is 3. The van der Waals surface area contributed by atoms with Crippen LogP contribution in [0.5, 0.6) is 0 Å². The number of anilines is 1. The fourth-order valence-electron chi connectivity index (χ4n) is 3.85. The van der Waals surface area contributed by atoms with E-state index in [1.54, 1.807) is 18.2 Å². The third-order valence-corrected chi connectivity index (χ3v) is 7.12. The fraction of sp³-hybridized carbons (Fsp3) is 0.208. The number of rotatable bonds is 6. The first kappa shape index (κ1) is 21.1. The number of benzene rings is 3. The Kier molecular flexibility index (Phi) is 5.78. The minimum Gasteiger partial charge on any atom is -0.355 e. The Balaban J connectivity index is 1.48. The molecule has 1 amide bonds. The molecule has 0 aliphatic carbocycles. The SMILES string of the molecule is Cc1cccc(CCCNC(=O)CN2c3ccc(F)cc3-c3ccccc3S2(=O)=O)c1. The average molecular weight is 439 g/mol. The monoisotopic (exact) mass is 438 g/mol. The molecule has 0 spiro atoms. The first-order chi connectivity index (χ1) is 14.9. The molecular formula is C24H23FN2O3S. The van der Waals surface area contributed by atoms with Crippen LogP contribution >= 0.6 is 0 Å². The van der Waals surface area contributed by atoms with Crippen molar-refractivity contribution in [2.24, 2.45) is 0 Å². The van der Waals surface area contributed by atoms with Gasteiger partial charge in [0.15, 0.2) is 0 Å². The smallest absolute Gasteiger partial charge is 0.265 e. The summed E-state index contributed by atoms with van der Waals surface area (Å²) < 4.78 is 41.3. The molecule has 1 aliphatic rings. The zero-order chi connectivity index (χ0) is 22.0. The highest BCUT2D eigenvalue weighted by atomic mass is 32.2. The summed E-state index contributed by atoms with van der Waals surface area (Å²) in [4.78, 5) is 12.6. The van der Waals surface area contributed by atoms with Gasteiger partial charge >= 0.3 is 0 Å². The number of aryl methyl sites for hydroxylation is 2. The Labute approximate surface area is 181 Å². The lowest BCUT2D eigenvalue weighted by Gasteiger charge is -2.31. The fourth-order valence-corrected chi connectivity index (χ4v) is 5.50. The van der Waals surface area contributed by atoms with Crippen molar-refractivity contribution in [3.8, 4) is 11.1 Å². The maximum Gasteiger partial charge on any atom is 0.265 e. The van der Waals surface area contributed by atoms with E-state index in [-0.39, 0.29) is 11.4 Å². The second kappa shape index (κ2) is 8.51. The predicted octanol–water partition coefficient (Wildman–Crippen LogP) is 4.06. The summed E-state index contributed by atoms with van der Waals surface area (Å²) in [5.41, 5.74) is 3.58. The number of amides is 1. The van der Waals surface area contributed by atoms with Crippen molar-refractivity contribution in [2.45, 2.75) is 24.7 Å². The second-order valence-electron chi connectivity index (χ2n) is 7.61. The average Bonchev–Trinajstić information content (AvgIpc) is 2.74. The second-order valence-corrected chi connectivity index (χ2v) is 9.44. The van der Waals surface area contributed by atoms with Crippen molar-refractivity contribution in [1.82, 2.24) is 5.32 Å². The van der Waals surface area contributed by atoms with Crippen LogP contribution in [0.1, 0.15) is 17.5 Å².